The lowest BCUT2D eigenvalue weighted by atomic mass is 10.0. The maximum atomic E-state index is 10.9. The quantitative estimate of drug-likeness (QED) is 0.638. The normalized spacial score (nSPS) is 26.9. The van der Waals surface area contributed by atoms with Crippen molar-refractivity contribution in [2.45, 2.75) is 56.7 Å². The zero-order chi connectivity index (χ0) is 13.5. The van der Waals surface area contributed by atoms with Crippen LogP contribution in [-0.4, -0.2) is 55.0 Å². The standard InChI is InChI=1S/C12H22O6/c1-16-11(15)7-9(14)5-8(13)6-10-3-4-12(17-2)18-10/h8-10,12-14H,3-7H2,1-2H3. The van der Waals surface area contributed by atoms with Crippen molar-refractivity contribution in [1.29, 1.82) is 0 Å². The second-order valence-corrected chi connectivity index (χ2v) is 4.56. The summed E-state index contributed by atoms with van der Waals surface area (Å²) in [5, 5.41) is 19.4. The molecule has 6 nitrogen and oxygen atoms in total. The van der Waals surface area contributed by atoms with Crippen LogP contribution in [0.25, 0.3) is 0 Å². The number of hydrogen-bond acceptors (Lipinski definition) is 6. The molecule has 0 radical (unpaired) electrons. The highest BCUT2D eigenvalue weighted by Gasteiger charge is 2.27. The van der Waals surface area contributed by atoms with Gasteiger partial charge in [-0.1, -0.05) is 0 Å². The SMILES string of the molecule is COC(=O)CC(O)CC(O)CC1CCC(OC)O1. The molecule has 2 N–H and O–H groups in total. The van der Waals surface area contributed by atoms with Crippen molar-refractivity contribution in [3.8, 4) is 0 Å². The fourth-order valence-corrected chi connectivity index (χ4v) is 2.09. The molecule has 1 heterocycles. The van der Waals surface area contributed by atoms with Gasteiger partial charge in [-0.05, 0) is 19.3 Å². The molecule has 1 aliphatic rings. The first-order chi connectivity index (χ1) is 8.55. The Labute approximate surface area is 107 Å². The summed E-state index contributed by atoms with van der Waals surface area (Å²) in [6.45, 7) is 0. The van der Waals surface area contributed by atoms with Crippen molar-refractivity contribution in [2.75, 3.05) is 14.2 Å². The molecule has 1 aliphatic heterocycles. The number of aliphatic hydroxyl groups is 2. The van der Waals surface area contributed by atoms with Crippen LogP contribution in [0.4, 0.5) is 0 Å². The van der Waals surface area contributed by atoms with Gasteiger partial charge in [0.15, 0.2) is 6.29 Å². The summed E-state index contributed by atoms with van der Waals surface area (Å²) in [6.07, 6.45) is 0.334. The molecule has 0 aromatic carbocycles. The zero-order valence-corrected chi connectivity index (χ0v) is 10.9. The monoisotopic (exact) mass is 262 g/mol. The van der Waals surface area contributed by atoms with Crippen LogP contribution in [0.2, 0.25) is 0 Å². The number of ether oxygens (including phenoxy) is 3. The van der Waals surface area contributed by atoms with Crippen LogP contribution in [-0.2, 0) is 19.0 Å². The zero-order valence-electron chi connectivity index (χ0n) is 10.9. The smallest absolute Gasteiger partial charge is 0.308 e. The molecular weight excluding hydrogens is 240 g/mol. The predicted octanol–water partition coefficient (Wildman–Crippen LogP) is 0.203. The Balaban J connectivity index is 2.20. The van der Waals surface area contributed by atoms with E-state index in [0.29, 0.717) is 6.42 Å². The Hall–Kier alpha value is -0.690. The van der Waals surface area contributed by atoms with Crippen LogP contribution >= 0.6 is 0 Å². The first kappa shape index (κ1) is 15.4. The molecule has 0 saturated carbocycles. The minimum Gasteiger partial charge on any atom is -0.469 e. The molecule has 1 rings (SSSR count). The molecule has 4 unspecified atom stereocenters. The van der Waals surface area contributed by atoms with Crippen LogP contribution in [0.15, 0.2) is 0 Å². The van der Waals surface area contributed by atoms with Crippen molar-refractivity contribution in [3.05, 3.63) is 0 Å². The molecule has 0 spiro atoms. The number of carbonyl (C=O) groups is 1. The number of carbonyl (C=O) groups excluding carboxylic acids is 1. The molecule has 1 fully saturated rings. The largest absolute Gasteiger partial charge is 0.469 e. The predicted molar refractivity (Wildman–Crippen MR) is 62.8 cm³/mol. The molecule has 106 valence electrons. The molecule has 18 heavy (non-hydrogen) atoms. The maximum absolute atomic E-state index is 10.9. The average Bonchev–Trinajstić information content (AvgIpc) is 2.75. The topological polar surface area (TPSA) is 85.2 Å². The molecule has 0 aromatic heterocycles. The number of rotatable bonds is 7. The van der Waals surface area contributed by atoms with Crippen LogP contribution in [0, 0.1) is 0 Å². The van der Waals surface area contributed by atoms with Gasteiger partial charge in [0.05, 0.1) is 31.8 Å². The number of methoxy groups -OCH3 is 2. The summed E-state index contributed by atoms with van der Waals surface area (Å²) in [6, 6.07) is 0. The molecule has 6 heteroatoms. The highest BCUT2D eigenvalue weighted by molar-refractivity contribution is 5.69. The van der Waals surface area contributed by atoms with E-state index in [-0.39, 0.29) is 25.2 Å². The van der Waals surface area contributed by atoms with Gasteiger partial charge >= 0.3 is 5.97 Å². The summed E-state index contributed by atoms with van der Waals surface area (Å²) in [7, 11) is 2.85. The second-order valence-electron chi connectivity index (χ2n) is 4.56. The summed E-state index contributed by atoms with van der Waals surface area (Å²) in [5.41, 5.74) is 0. The summed E-state index contributed by atoms with van der Waals surface area (Å²) >= 11 is 0. The Morgan fingerprint density at radius 2 is 2.06 bits per heavy atom. The Bertz CT molecular complexity index is 257. The van der Waals surface area contributed by atoms with E-state index in [1.165, 1.54) is 7.11 Å². The summed E-state index contributed by atoms with van der Waals surface area (Å²) < 4.78 is 15.0. The third-order valence-corrected chi connectivity index (χ3v) is 3.04. The first-order valence-electron chi connectivity index (χ1n) is 6.16. The molecular formula is C12H22O6. The van der Waals surface area contributed by atoms with Crippen molar-refractivity contribution in [3.63, 3.8) is 0 Å². The van der Waals surface area contributed by atoms with E-state index < -0.39 is 18.2 Å². The van der Waals surface area contributed by atoms with Crippen LogP contribution < -0.4 is 0 Å². The van der Waals surface area contributed by atoms with Crippen molar-refractivity contribution < 1.29 is 29.2 Å². The van der Waals surface area contributed by atoms with Gasteiger partial charge in [0, 0.05) is 13.5 Å². The van der Waals surface area contributed by atoms with E-state index in [1.54, 1.807) is 7.11 Å². The van der Waals surface area contributed by atoms with Gasteiger partial charge in [-0.15, -0.1) is 0 Å². The average molecular weight is 262 g/mol. The van der Waals surface area contributed by atoms with Gasteiger partial charge in [-0.2, -0.15) is 0 Å². The van der Waals surface area contributed by atoms with Gasteiger partial charge < -0.3 is 24.4 Å². The van der Waals surface area contributed by atoms with E-state index in [1.807, 2.05) is 0 Å². The van der Waals surface area contributed by atoms with Crippen LogP contribution in [0.3, 0.4) is 0 Å². The van der Waals surface area contributed by atoms with Crippen molar-refractivity contribution >= 4 is 5.97 Å². The Morgan fingerprint density at radius 1 is 1.33 bits per heavy atom. The Morgan fingerprint density at radius 3 is 2.61 bits per heavy atom. The molecule has 4 atom stereocenters. The van der Waals surface area contributed by atoms with Gasteiger partial charge in [0.2, 0.25) is 0 Å². The molecule has 0 aromatic rings. The maximum Gasteiger partial charge on any atom is 0.308 e. The highest BCUT2D eigenvalue weighted by atomic mass is 16.7. The summed E-state index contributed by atoms with van der Waals surface area (Å²) in [5.74, 6) is -0.480. The lowest BCUT2D eigenvalue weighted by Crippen LogP contribution is -2.25. The molecule has 0 amide bonds. The molecule has 0 bridgehead atoms. The Kier molecular flexibility index (Phi) is 6.56. The second kappa shape index (κ2) is 7.68. The van der Waals surface area contributed by atoms with Gasteiger partial charge in [0.25, 0.3) is 0 Å². The molecule has 0 aliphatic carbocycles. The number of esters is 1. The van der Waals surface area contributed by atoms with Crippen molar-refractivity contribution in [2.24, 2.45) is 0 Å². The fraction of sp³-hybridized carbons (Fsp3) is 0.917. The van der Waals surface area contributed by atoms with Gasteiger partial charge in [-0.25, -0.2) is 0 Å². The van der Waals surface area contributed by atoms with E-state index in [0.717, 1.165) is 12.8 Å². The van der Waals surface area contributed by atoms with E-state index in [4.69, 9.17) is 9.47 Å². The third kappa shape index (κ3) is 5.30. The van der Waals surface area contributed by atoms with Gasteiger partial charge in [-0.3, -0.25) is 4.79 Å². The first-order valence-corrected chi connectivity index (χ1v) is 6.16. The van der Waals surface area contributed by atoms with E-state index in [2.05, 4.69) is 4.74 Å². The fourth-order valence-electron chi connectivity index (χ4n) is 2.09. The third-order valence-electron chi connectivity index (χ3n) is 3.04. The van der Waals surface area contributed by atoms with E-state index >= 15 is 0 Å². The van der Waals surface area contributed by atoms with Crippen LogP contribution in [0.1, 0.15) is 32.1 Å². The van der Waals surface area contributed by atoms with Gasteiger partial charge in [0.1, 0.15) is 0 Å². The molecule has 1 saturated heterocycles. The number of aliphatic hydroxyl groups excluding tert-OH is 2. The minimum absolute atomic E-state index is 0.0460. The highest BCUT2D eigenvalue weighted by Crippen LogP contribution is 2.24. The van der Waals surface area contributed by atoms with Crippen LogP contribution in [0.5, 0.6) is 0 Å². The minimum atomic E-state index is -0.882. The lowest BCUT2D eigenvalue weighted by molar-refractivity contribution is -0.143. The van der Waals surface area contributed by atoms with E-state index in [9.17, 15) is 15.0 Å². The van der Waals surface area contributed by atoms with Crippen molar-refractivity contribution in [1.82, 2.24) is 0 Å². The summed E-state index contributed by atoms with van der Waals surface area (Å²) in [4.78, 5) is 10.9. The lowest BCUT2D eigenvalue weighted by Gasteiger charge is -2.18. The number of hydrogen-bond donors (Lipinski definition) is 2.